The third kappa shape index (κ3) is 2.69. The number of carbonyl (C=O) groups is 1. The number of nitrogens with one attached hydrogen (secondary N) is 1. The molecule has 1 aliphatic carbocycles. The molecule has 4 nitrogen and oxygen atoms in total. The van der Waals surface area contributed by atoms with Crippen molar-refractivity contribution in [3.8, 4) is 0 Å². The molecule has 0 atom stereocenters. The number of rotatable bonds is 5. The second kappa shape index (κ2) is 4.89. The smallest absolute Gasteiger partial charge is 0.369 e. The molecule has 3 rings (SSSR count). The summed E-state index contributed by atoms with van der Waals surface area (Å²) in [5.74, 6) is 0.738. The summed E-state index contributed by atoms with van der Waals surface area (Å²) in [6.07, 6.45) is -1.30. The summed E-state index contributed by atoms with van der Waals surface area (Å²) in [4.78, 5) is 16.3. The van der Waals surface area contributed by atoms with Crippen LogP contribution in [0.15, 0.2) is 18.3 Å². The first-order chi connectivity index (χ1) is 9.93. The van der Waals surface area contributed by atoms with Crippen LogP contribution in [0, 0.1) is 5.41 Å². The zero-order valence-corrected chi connectivity index (χ0v) is 11.4. The van der Waals surface area contributed by atoms with Crippen LogP contribution < -0.4 is 5.32 Å². The molecule has 2 heterocycles. The molecule has 0 spiro atoms. The molecule has 21 heavy (non-hydrogen) atoms. The Hall–Kier alpha value is -1.79. The van der Waals surface area contributed by atoms with Crippen molar-refractivity contribution in [1.82, 2.24) is 9.88 Å². The zero-order valence-electron chi connectivity index (χ0n) is 11.4. The number of likely N-dealkylation sites (tertiary alicyclic amines) is 1. The van der Waals surface area contributed by atoms with Crippen LogP contribution in [-0.4, -0.2) is 42.1 Å². The molecule has 2 aliphatic rings. The summed E-state index contributed by atoms with van der Waals surface area (Å²) < 4.78 is 38.4. The lowest BCUT2D eigenvalue weighted by Crippen LogP contribution is -2.43. The van der Waals surface area contributed by atoms with E-state index in [1.165, 1.54) is 0 Å². The van der Waals surface area contributed by atoms with Gasteiger partial charge in [-0.25, -0.2) is 4.98 Å². The first-order valence-electron chi connectivity index (χ1n) is 6.89. The van der Waals surface area contributed by atoms with Crippen molar-refractivity contribution in [2.45, 2.75) is 24.9 Å². The molecule has 1 aliphatic heterocycles. The molecule has 0 aromatic carbocycles. The highest BCUT2D eigenvalue weighted by Gasteiger charge is 2.62. The Morgan fingerprint density at radius 3 is 2.57 bits per heavy atom. The number of aromatic nitrogens is 1. The van der Waals surface area contributed by atoms with Gasteiger partial charge in [-0.15, -0.1) is 0 Å². The molecule has 114 valence electrons. The number of alkyl halides is 3. The van der Waals surface area contributed by atoms with Crippen molar-refractivity contribution in [1.29, 1.82) is 0 Å². The van der Waals surface area contributed by atoms with Crippen molar-refractivity contribution in [2.75, 3.05) is 25.0 Å². The minimum atomic E-state index is -4.15. The van der Waals surface area contributed by atoms with E-state index >= 15 is 0 Å². The highest BCUT2D eigenvalue weighted by Crippen LogP contribution is 2.57. The van der Waals surface area contributed by atoms with Crippen LogP contribution >= 0.6 is 0 Å². The highest BCUT2D eigenvalue weighted by molar-refractivity contribution is 5.50. The standard InChI is InChI=1S/C14H16F3N3O/c15-14(16,17)13(3-4-13)8-19-12-2-1-10(5-18-12)11-6-20(7-11)9-21/h1-2,5,9,11H,3-4,6-8H2,(H,18,19). The Morgan fingerprint density at radius 2 is 2.10 bits per heavy atom. The van der Waals surface area contributed by atoms with Gasteiger partial charge in [-0.1, -0.05) is 6.07 Å². The number of nitrogens with zero attached hydrogens (tertiary/aromatic N) is 2. The maximum Gasteiger partial charge on any atom is 0.396 e. The van der Waals surface area contributed by atoms with E-state index < -0.39 is 11.6 Å². The van der Waals surface area contributed by atoms with Gasteiger partial charge in [-0.05, 0) is 24.5 Å². The quantitative estimate of drug-likeness (QED) is 0.849. The molecular formula is C14H16F3N3O. The minimum absolute atomic E-state index is 0.120. The number of pyridine rings is 1. The van der Waals surface area contributed by atoms with E-state index in [1.807, 2.05) is 6.07 Å². The lowest BCUT2D eigenvalue weighted by Gasteiger charge is -2.36. The summed E-state index contributed by atoms with van der Waals surface area (Å²) in [6.45, 7) is 1.23. The van der Waals surface area contributed by atoms with E-state index in [0.717, 1.165) is 12.0 Å². The maximum atomic E-state index is 12.8. The Bertz CT molecular complexity index is 519. The topological polar surface area (TPSA) is 45.2 Å². The van der Waals surface area contributed by atoms with Gasteiger partial charge in [0.05, 0.1) is 5.41 Å². The maximum absolute atomic E-state index is 12.8. The van der Waals surface area contributed by atoms with E-state index in [4.69, 9.17) is 0 Å². The van der Waals surface area contributed by atoms with Crippen LogP contribution in [0.5, 0.6) is 0 Å². The fraction of sp³-hybridized carbons (Fsp3) is 0.571. The van der Waals surface area contributed by atoms with Crippen LogP contribution in [0.4, 0.5) is 19.0 Å². The van der Waals surface area contributed by atoms with Gasteiger partial charge >= 0.3 is 6.18 Å². The molecule has 0 bridgehead atoms. The molecule has 1 amide bonds. The summed E-state index contributed by atoms with van der Waals surface area (Å²) in [5.41, 5.74) is -0.554. The van der Waals surface area contributed by atoms with Crippen molar-refractivity contribution in [3.63, 3.8) is 0 Å². The predicted molar refractivity (Wildman–Crippen MR) is 70.8 cm³/mol. The van der Waals surface area contributed by atoms with E-state index in [1.54, 1.807) is 17.2 Å². The third-order valence-electron chi connectivity index (χ3n) is 4.38. The van der Waals surface area contributed by atoms with Crippen LogP contribution in [-0.2, 0) is 4.79 Å². The summed E-state index contributed by atoms with van der Waals surface area (Å²) in [7, 11) is 0. The molecule has 0 radical (unpaired) electrons. The Labute approximate surface area is 120 Å². The minimum Gasteiger partial charge on any atom is -0.369 e. The van der Waals surface area contributed by atoms with Crippen molar-refractivity contribution in [2.24, 2.45) is 5.41 Å². The number of amides is 1. The first-order valence-corrected chi connectivity index (χ1v) is 6.89. The van der Waals surface area contributed by atoms with Crippen LogP contribution in [0.1, 0.15) is 24.3 Å². The first kappa shape index (κ1) is 14.2. The van der Waals surface area contributed by atoms with Crippen molar-refractivity contribution >= 4 is 12.2 Å². The van der Waals surface area contributed by atoms with Gasteiger partial charge < -0.3 is 10.2 Å². The number of carbonyl (C=O) groups excluding carboxylic acids is 1. The number of hydrogen-bond donors (Lipinski definition) is 1. The summed E-state index contributed by atoms with van der Waals surface area (Å²) in [5, 5.41) is 2.78. The third-order valence-corrected chi connectivity index (χ3v) is 4.38. The molecular weight excluding hydrogens is 283 g/mol. The number of anilines is 1. The Morgan fingerprint density at radius 1 is 1.38 bits per heavy atom. The average Bonchev–Trinajstić information content (AvgIpc) is 3.17. The number of hydrogen-bond acceptors (Lipinski definition) is 3. The Balaban J connectivity index is 1.55. The second-order valence-electron chi connectivity index (χ2n) is 5.86. The summed E-state index contributed by atoms with van der Waals surface area (Å²) in [6, 6.07) is 3.56. The predicted octanol–water partition coefficient (Wildman–Crippen LogP) is 2.39. The molecule has 2 fully saturated rings. The van der Waals surface area contributed by atoms with Gasteiger partial charge in [0.1, 0.15) is 5.82 Å². The van der Waals surface area contributed by atoms with Crippen molar-refractivity contribution < 1.29 is 18.0 Å². The molecule has 7 heteroatoms. The SMILES string of the molecule is O=CN1CC(c2ccc(NCC3(C(F)(F)F)CC3)nc2)C1. The highest BCUT2D eigenvalue weighted by atomic mass is 19.4. The van der Waals surface area contributed by atoms with Crippen LogP contribution in [0.2, 0.25) is 0 Å². The zero-order chi connectivity index (χ0) is 15.1. The molecule has 1 saturated carbocycles. The molecule has 1 N–H and O–H groups in total. The van der Waals surface area contributed by atoms with E-state index in [9.17, 15) is 18.0 Å². The van der Waals surface area contributed by atoms with Gasteiger partial charge in [-0.3, -0.25) is 4.79 Å². The molecule has 1 saturated heterocycles. The fourth-order valence-corrected chi connectivity index (χ4v) is 2.53. The monoisotopic (exact) mass is 299 g/mol. The Kier molecular flexibility index (Phi) is 3.30. The van der Waals surface area contributed by atoms with E-state index in [2.05, 4.69) is 10.3 Å². The van der Waals surface area contributed by atoms with Crippen molar-refractivity contribution in [3.05, 3.63) is 23.9 Å². The molecule has 1 aromatic rings. The molecule has 0 unspecified atom stereocenters. The van der Waals surface area contributed by atoms with Gasteiger partial charge in [-0.2, -0.15) is 13.2 Å². The normalized spacial score (nSPS) is 20.8. The largest absolute Gasteiger partial charge is 0.396 e. The van der Waals surface area contributed by atoms with Gasteiger partial charge in [0.15, 0.2) is 0 Å². The molecule has 1 aromatic heterocycles. The lowest BCUT2D eigenvalue weighted by molar-refractivity contribution is -0.182. The van der Waals surface area contributed by atoms with Crippen LogP contribution in [0.25, 0.3) is 0 Å². The summed E-state index contributed by atoms with van der Waals surface area (Å²) >= 11 is 0. The van der Waals surface area contributed by atoms with Gasteiger partial charge in [0, 0.05) is 31.7 Å². The van der Waals surface area contributed by atoms with Crippen LogP contribution in [0.3, 0.4) is 0 Å². The average molecular weight is 299 g/mol. The number of halogens is 3. The fourth-order valence-electron chi connectivity index (χ4n) is 2.53. The van der Waals surface area contributed by atoms with E-state index in [0.29, 0.717) is 18.9 Å². The van der Waals surface area contributed by atoms with Gasteiger partial charge in [0.2, 0.25) is 6.41 Å². The van der Waals surface area contributed by atoms with E-state index in [-0.39, 0.29) is 25.3 Å². The lowest BCUT2D eigenvalue weighted by atomic mass is 9.93. The van der Waals surface area contributed by atoms with Gasteiger partial charge in [0.25, 0.3) is 0 Å². The second-order valence-corrected chi connectivity index (χ2v) is 5.86.